The number of fused-ring (bicyclic) bond motifs is 2. The fourth-order valence-electron chi connectivity index (χ4n) is 12.0. The molecule has 6 heterocycles. The Morgan fingerprint density at radius 1 is 0.892 bits per heavy atom. The molecule has 8 rings (SSSR count). The fraction of sp³-hybridized carbons (Fsp3) is 0.800. The lowest BCUT2D eigenvalue weighted by molar-refractivity contribution is -0.362. The summed E-state index contributed by atoms with van der Waals surface area (Å²) in [6, 6.07) is 0. The van der Waals surface area contributed by atoms with Crippen molar-refractivity contribution in [3.05, 3.63) is 47.1 Å². The van der Waals surface area contributed by atoms with Crippen LogP contribution in [0, 0.1) is 29.6 Å². The summed E-state index contributed by atoms with van der Waals surface area (Å²) >= 11 is 0. The van der Waals surface area contributed by atoms with Crippen molar-refractivity contribution >= 4 is 11.8 Å². The molecule has 0 radical (unpaired) electrons. The highest BCUT2D eigenvalue weighted by atomic mass is 16.7. The summed E-state index contributed by atoms with van der Waals surface area (Å²) in [5.74, 6) is -5.55. The molecule has 6 fully saturated rings. The van der Waals surface area contributed by atoms with Crippen LogP contribution in [0.5, 0.6) is 0 Å². The third kappa shape index (κ3) is 9.92. The van der Waals surface area contributed by atoms with E-state index in [0.717, 1.165) is 24.8 Å². The van der Waals surface area contributed by atoms with Gasteiger partial charge in [-0.15, -0.1) is 0 Å². The highest BCUT2D eigenvalue weighted by Gasteiger charge is 2.60. The van der Waals surface area contributed by atoms with Gasteiger partial charge in [-0.2, -0.15) is 0 Å². The predicted octanol–water partition coefficient (Wildman–Crippen LogP) is 5.26. The second-order valence-corrected chi connectivity index (χ2v) is 20.5. The van der Waals surface area contributed by atoms with Gasteiger partial charge in [0.05, 0.1) is 43.7 Å². The van der Waals surface area contributed by atoms with Gasteiger partial charge in [0.1, 0.15) is 29.8 Å². The van der Waals surface area contributed by atoms with Crippen LogP contribution in [0.4, 0.5) is 0 Å². The van der Waals surface area contributed by atoms with Crippen LogP contribution in [-0.4, -0.2) is 137 Å². The Kier molecular flexibility index (Phi) is 15.0. The molecule has 17 atom stereocenters. The Morgan fingerprint density at radius 2 is 1.65 bits per heavy atom. The summed E-state index contributed by atoms with van der Waals surface area (Å²) in [7, 11) is 1.60. The summed E-state index contributed by atoms with van der Waals surface area (Å²) < 4.78 is 58.2. The van der Waals surface area contributed by atoms with Crippen molar-refractivity contribution in [2.24, 2.45) is 29.6 Å². The van der Waals surface area contributed by atoms with Crippen molar-refractivity contribution < 1.29 is 72.6 Å². The lowest BCUT2D eigenvalue weighted by Crippen LogP contribution is -2.58. The van der Waals surface area contributed by atoms with E-state index < -0.39 is 96.9 Å². The van der Waals surface area contributed by atoms with Crippen LogP contribution in [0.15, 0.2) is 47.1 Å². The number of hydrogen-bond acceptors (Lipinski definition) is 15. The van der Waals surface area contributed by atoms with Crippen molar-refractivity contribution in [3.8, 4) is 0 Å². The standard InChI is InChI=1S/C50H74O15/c1-27-12-11-15-34-26-58-46-42(52)30(4)20-38(49(34,46)54)47(53)61-37-22-36(64-48(24-37)19-18-29(3)44(65-48)33-13-9-8-10-14-33)17-16-28(2)43(27)62-41-23-39(57-7)45(31(5)59-41)63-40-21-35(25-51)50(55,56)32(6)60-40/h11-12,15-16,20,27,29,31-33,35-41,43-46,51,54-56H,8-10,13-14,17-19,21-26H2,1-7H3/b12-11+,28-16+,34-15+/t27-,29-,31?,32?,35-,36+,37-,38-,39+,40-,41-,43-,44-,45-,46+,48?,49+/m0/s1. The van der Waals surface area contributed by atoms with E-state index in [4.69, 9.17) is 42.6 Å². The molecule has 65 heavy (non-hydrogen) atoms. The SMILES string of the molecule is CO[C@@H]1C[C@H](O[C@@H]2/C(C)=C/C[C@@H]3C[C@@H](CC4(CC[C@H](C)[C@@H](C5CCCCC5)O4)O3)OC(=O)[C@@H]3C=C(C)C(=O)[C@H]4OC/C(=C\C=C\[C@@H]2C)[C@]43O)OC(C)[C@@H]1O[C@H]1C[C@@H](CO)C(O)(O)C(C)O1. The predicted molar refractivity (Wildman–Crippen MR) is 234 cm³/mol. The molecule has 0 aromatic carbocycles. The first-order valence-electron chi connectivity index (χ1n) is 24.3. The van der Waals surface area contributed by atoms with Crippen LogP contribution >= 0.6 is 0 Å². The third-order valence-electron chi connectivity index (χ3n) is 16.0. The minimum atomic E-state index is -2.19. The maximum Gasteiger partial charge on any atom is 0.316 e. The Hall–Kier alpha value is -2.38. The maximum absolute atomic E-state index is 14.4. The number of aliphatic hydroxyl groups excluding tert-OH is 1. The molecule has 2 aliphatic carbocycles. The number of ketones is 1. The molecule has 15 heteroatoms. The monoisotopic (exact) mass is 915 g/mol. The van der Waals surface area contributed by atoms with E-state index in [1.54, 1.807) is 20.1 Å². The van der Waals surface area contributed by atoms with Crippen LogP contribution in [0.1, 0.15) is 119 Å². The van der Waals surface area contributed by atoms with Crippen molar-refractivity contribution in [3.63, 3.8) is 0 Å². The molecule has 5 saturated heterocycles. The number of ether oxygens (including phenoxy) is 9. The Bertz CT molecular complexity index is 1840. The molecule has 0 aromatic rings. The number of rotatable bonds is 7. The molecule has 2 bridgehead atoms. The van der Waals surface area contributed by atoms with Crippen molar-refractivity contribution in [2.75, 3.05) is 20.3 Å². The number of methoxy groups -OCH3 is 1. The first kappa shape index (κ1) is 49.1. The van der Waals surface area contributed by atoms with Gasteiger partial charge in [0.25, 0.3) is 0 Å². The van der Waals surface area contributed by atoms with E-state index in [9.17, 15) is 30.0 Å². The number of Topliss-reactive ketones (excluding diaryl/α,β-unsaturated/α-hetero) is 1. The van der Waals surface area contributed by atoms with E-state index in [1.807, 2.05) is 32.9 Å². The van der Waals surface area contributed by atoms with Gasteiger partial charge >= 0.3 is 5.97 Å². The van der Waals surface area contributed by atoms with Crippen LogP contribution in [0.3, 0.4) is 0 Å². The minimum Gasteiger partial charge on any atom is -0.462 e. The average molecular weight is 915 g/mol. The minimum absolute atomic E-state index is 0.0335. The molecule has 3 unspecified atom stereocenters. The first-order valence-corrected chi connectivity index (χ1v) is 24.3. The number of aliphatic hydroxyl groups is 4. The van der Waals surface area contributed by atoms with Crippen molar-refractivity contribution in [1.29, 1.82) is 0 Å². The van der Waals surface area contributed by atoms with Gasteiger partial charge in [-0.3, -0.25) is 9.59 Å². The highest BCUT2D eigenvalue weighted by Crippen LogP contribution is 2.48. The summed E-state index contributed by atoms with van der Waals surface area (Å²) in [6.45, 7) is 10.9. The zero-order chi connectivity index (χ0) is 46.4. The number of esters is 1. The second kappa shape index (κ2) is 19.9. The summed E-state index contributed by atoms with van der Waals surface area (Å²) in [5.41, 5.74) is -0.235. The molecule has 1 spiro atoms. The maximum atomic E-state index is 14.4. The number of hydrogen-bond donors (Lipinski definition) is 4. The summed E-state index contributed by atoms with van der Waals surface area (Å²) in [4.78, 5) is 27.9. The third-order valence-corrected chi connectivity index (χ3v) is 16.0. The van der Waals surface area contributed by atoms with Gasteiger partial charge in [-0.1, -0.05) is 63.5 Å². The van der Waals surface area contributed by atoms with E-state index in [0.29, 0.717) is 55.1 Å². The molecule has 0 aromatic heterocycles. The Morgan fingerprint density at radius 3 is 2.38 bits per heavy atom. The molecular weight excluding hydrogens is 841 g/mol. The molecule has 6 aliphatic heterocycles. The van der Waals surface area contributed by atoms with E-state index in [-0.39, 0.29) is 36.9 Å². The van der Waals surface area contributed by atoms with Gasteiger partial charge in [-0.05, 0) is 81.9 Å². The smallest absolute Gasteiger partial charge is 0.316 e. The Labute approximate surface area is 383 Å². The molecule has 364 valence electrons. The van der Waals surface area contributed by atoms with E-state index >= 15 is 0 Å². The molecular formula is C50H74O15. The van der Waals surface area contributed by atoms with Gasteiger partial charge < -0.3 is 63.1 Å². The molecule has 8 aliphatic rings. The van der Waals surface area contributed by atoms with Crippen LogP contribution < -0.4 is 0 Å². The number of allylic oxidation sites excluding steroid dienone is 2. The molecule has 15 nitrogen and oxygen atoms in total. The molecule has 1 saturated carbocycles. The quantitative estimate of drug-likeness (QED) is 0.147. The largest absolute Gasteiger partial charge is 0.462 e. The van der Waals surface area contributed by atoms with Crippen LogP contribution in [0.25, 0.3) is 0 Å². The van der Waals surface area contributed by atoms with Crippen LogP contribution in [0.2, 0.25) is 0 Å². The average Bonchev–Trinajstić information content (AvgIpc) is 3.62. The summed E-state index contributed by atoms with van der Waals surface area (Å²) in [6.07, 6.45) is 11.6. The Balaban J connectivity index is 1.07. The van der Waals surface area contributed by atoms with Gasteiger partial charge in [0, 0.05) is 51.0 Å². The molecule has 0 amide bonds. The zero-order valence-corrected chi connectivity index (χ0v) is 39.3. The van der Waals surface area contributed by atoms with E-state index in [2.05, 4.69) is 13.0 Å². The normalized spacial score (nSPS) is 47.4. The summed E-state index contributed by atoms with van der Waals surface area (Å²) in [5, 5.41) is 43.4. The van der Waals surface area contributed by atoms with Crippen molar-refractivity contribution in [1.82, 2.24) is 0 Å². The van der Waals surface area contributed by atoms with Crippen LogP contribution in [-0.2, 0) is 52.2 Å². The zero-order valence-electron chi connectivity index (χ0n) is 39.3. The van der Waals surface area contributed by atoms with Gasteiger partial charge in [0.15, 0.2) is 36.0 Å². The fourth-order valence-corrected chi connectivity index (χ4v) is 12.0. The van der Waals surface area contributed by atoms with E-state index in [1.165, 1.54) is 32.3 Å². The highest BCUT2D eigenvalue weighted by molar-refractivity contribution is 6.03. The van der Waals surface area contributed by atoms with Crippen molar-refractivity contribution in [2.45, 2.75) is 203 Å². The lowest BCUT2D eigenvalue weighted by Gasteiger charge is -2.51. The number of carbonyl (C=O) groups excluding carboxylic acids is 2. The second-order valence-electron chi connectivity index (χ2n) is 20.5. The topological polar surface area (TPSA) is 198 Å². The van der Waals surface area contributed by atoms with Gasteiger partial charge in [-0.25, -0.2) is 0 Å². The van der Waals surface area contributed by atoms with Gasteiger partial charge in [0.2, 0.25) is 0 Å². The number of carbonyl (C=O) groups is 2. The molecule has 4 N–H and O–H groups in total. The lowest BCUT2D eigenvalue weighted by atomic mass is 9.71. The first-order chi connectivity index (χ1) is 31.0.